The highest BCUT2D eigenvalue weighted by molar-refractivity contribution is 5.50. The van der Waals surface area contributed by atoms with Crippen molar-refractivity contribution in [3.8, 4) is 0 Å². The number of para-hydroxylation sites is 1. The molecule has 0 aliphatic heterocycles. The van der Waals surface area contributed by atoms with Crippen LogP contribution in [0.1, 0.15) is 38.2 Å². The van der Waals surface area contributed by atoms with Gasteiger partial charge in [-0.15, -0.1) is 0 Å². The van der Waals surface area contributed by atoms with Crippen molar-refractivity contribution in [3.05, 3.63) is 29.8 Å². The van der Waals surface area contributed by atoms with Crippen molar-refractivity contribution in [2.45, 2.75) is 39.0 Å². The fraction of sp³-hybridized carbons (Fsp3) is 0.571. The fourth-order valence-electron chi connectivity index (χ4n) is 1.85. The Hall–Kier alpha value is -1.02. The third-order valence-electron chi connectivity index (χ3n) is 2.84. The van der Waals surface area contributed by atoms with E-state index in [1.165, 1.54) is 30.5 Å². The third-order valence-corrected chi connectivity index (χ3v) is 2.84. The van der Waals surface area contributed by atoms with E-state index >= 15 is 0 Å². The Morgan fingerprint density at radius 3 is 2.56 bits per heavy atom. The lowest BCUT2D eigenvalue weighted by Crippen LogP contribution is -2.04. The lowest BCUT2D eigenvalue weighted by atomic mass is 10.1. The maximum absolute atomic E-state index is 5.46. The van der Waals surface area contributed by atoms with E-state index in [0.717, 1.165) is 25.9 Å². The summed E-state index contributed by atoms with van der Waals surface area (Å²) in [4.78, 5) is 0. The van der Waals surface area contributed by atoms with Crippen molar-refractivity contribution in [2.75, 3.05) is 18.4 Å². The van der Waals surface area contributed by atoms with Gasteiger partial charge in [-0.25, -0.2) is 0 Å². The molecular weight excluding hydrogens is 196 g/mol. The number of unbranched alkanes of at least 4 members (excludes halogenated alkanes) is 3. The molecule has 0 unspecified atom stereocenters. The number of hydrogen-bond acceptors (Lipinski definition) is 2. The molecule has 0 fully saturated rings. The number of nitrogens with one attached hydrogen (secondary N) is 1. The number of aryl methyl sites for hydroxylation is 1. The van der Waals surface area contributed by atoms with Crippen LogP contribution < -0.4 is 11.1 Å². The van der Waals surface area contributed by atoms with Gasteiger partial charge >= 0.3 is 0 Å². The van der Waals surface area contributed by atoms with E-state index in [9.17, 15) is 0 Å². The molecule has 0 aliphatic rings. The molecule has 0 saturated carbocycles. The second-order valence-electron chi connectivity index (χ2n) is 4.14. The minimum Gasteiger partial charge on any atom is -0.385 e. The maximum Gasteiger partial charge on any atom is 0.0372 e. The molecule has 2 nitrogen and oxygen atoms in total. The maximum atomic E-state index is 5.46. The monoisotopic (exact) mass is 220 g/mol. The largest absolute Gasteiger partial charge is 0.385 e. The summed E-state index contributed by atoms with van der Waals surface area (Å²) in [7, 11) is 0. The third kappa shape index (κ3) is 4.67. The Morgan fingerprint density at radius 1 is 1.06 bits per heavy atom. The quantitative estimate of drug-likeness (QED) is 0.660. The van der Waals surface area contributed by atoms with Gasteiger partial charge in [-0.05, 0) is 37.4 Å². The first-order chi connectivity index (χ1) is 7.88. The van der Waals surface area contributed by atoms with Crippen LogP contribution in [0.4, 0.5) is 5.69 Å². The zero-order valence-corrected chi connectivity index (χ0v) is 10.3. The zero-order chi connectivity index (χ0) is 11.6. The summed E-state index contributed by atoms with van der Waals surface area (Å²) in [5.41, 5.74) is 8.16. The molecule has 1 aromatic carbocycles. The van der Waals surface area contributed by atoms with E-state index in [-0.39, 0.29) is 0 Å². The molecule has 0 saturated heterocycles. The van der Waals surface area contributed by atoms with Gasteiger partial charge in [-0.3, -0.25) is 0 Å². The van der Waals surface area contributed by atoms with Crippen LogP contribution in [-0.2, 0) is 6.42 Å². The molecule has 0 aliphatic carbocycles. The van der Waals surface area contributed by atoms with Gasteiger partial charge < -0.3 is 11.1 Å². The van der Waals surface area contributed by atoms with Crippen LogP contribution >= 0.6 is 0 Å². The topological polar surface area (TPSA) is 38.0 Å². The Kier molecular flexibility index (Phi) is 6.66. The predicted molar refractivity (Wildman–Crippen MR) is 71.8 cm³/mol. The van der Waals surface area contributed by atoms with Crippen molar-refractivity contribution >= 4 is 5.69 Å². The Bertz CT molecular complexity index is 284. The minimum atomic E-state index is 0.825. The van der Waals surface area contributed by atoms with Crippen molar-refractivity contribution in [1.29, 1.82) is 0 Å². The molecule has 0 heterocycles. The molecule has 0 spiro atoms. The van der Waals surface area contributed by atoms with E-state index in [0.29, 0.717) is 0 Å². The van der Waals surface area contributed by atoms with Crippen LogP contribution in [0.15, 0.2) is 24.3 Å². The van der Waals surface area contributed by atoms with Crippen molar-refractivity contribution in [1.82, 2.24) is 0 Å². The average molecular weight is 220 g/mol. The summed E-state index contributed by atoms with van der Waals surface area (Å²) in [6.45, 7) is 4.09. The first-order valence-corrected chi connectivity index (χ1v) is 6.40. The highest BCUT2D eigenvalue weighted by Gasteiger charge is 1.97. The number of benzene rings is 1. The summed E-state index contributed by atoms with van der Waals surface area (Å²) in [5.74, 6) is 0. The van der Waals surface area contributed by atoms with Crippen LogP contribution in [0, 0.1) is 0 Å². The van der Waals surface area contributed by atoms with E-state index in [2.05, 4.69) is 36.5 Å². The molecule has 90 valence electrons. The van der Waals surface area contributed by atoms with Crippen LogP contribution in [0.2, 0.25) is 0 Å². The fourth-order valence-corrected chi connectivity index (χ4v) is 1.85. The van der Waals surface area contributed by atoms with Gasteiger partial charge in [-0.2, -0.15) is 0 Å². The zero-order valence-electron chi connectivity index (χ0n) is 10.3. The second-order valence-corrected chi connectivity index (χ2v) is 4.14. The minimum absolute atomic E-state index is 0.825. The van der Waals surface area contributed by atoms with Gasteiger partial charge in [0.1, 0.15) is 0 Å². The van der Waals surface area contributed by atoms with Crippen molar-refractivity contribution in [3.63, 3.8) is 0 Å². The van der Waals surface area contributed by atoms with Gasteiger partial charge in [0, 0.05) is 12.2 Å². The van der Waals surface area contributed by atoms with Crippen molar-refractivity contribution < 1.29 is 0 Å². The van der Waals surface area contributed by atoms with Gasteiger partial charge in [0.15, 0.2) is 0 Å². The second kappa shape index (κ2) is 8.17. The molecule has 2 heteroatoms. The standard InChI is InChI=1S/C14H24N2/c1-2-13-9-5-6-10-14(13)16-12-8-4-3-7-11-15/h5-6,9-10,16H,2-4,7-8,11-12,15H2,1H3. The predicted octanol–water partition coefficient (Wildman–Crippen LogP) is 3.18. The van der Waals surface area contributed by atoms with Gasteiger partial charge in [-0.1, -0.05) is 38.0 Å². The lowest BCUT2D eigenvalue weighted by molar-refractivity contribution is 0.661. The Morgan fingerprint density at radius 2 is 1.81 bits per heavy atom. The summed E-state index contributed by atoms with van der Waals surface area (Å²) in [6.07, 6.45) is 6.02. The molecule has 16 heavy (non-hydrogen) atoms. The smallest absolute Gasteiger partial charge is 0.0372 e. The lowest BCUT2D eigenvalue weighted by Gasteiger charge is -2.10. The van der Waals surface area contributed by atoms with Gasteiger partial charge in [0.05, 0.1) is 0 Å². The summed E-state index contributed by atoms with van der Waals surface area (Å²) in [5, 5.41) is 3.51. The molecule has 0 bridgehead atoms. The average Bonchev–Trinajstić information content (AvgIpc) is 2.34. The molecule has 1 rings (SSSR count). The normalized spacial score (nSPS) is 10.4. The Labute approximate surface area is 99.2 Å². The SMILES string of the molecule is CCc1ccccc1NCCCCCCN. The summed E-state index contributed by atoms with van der Waals surface area (Å²) >= 11 is 0. The van der Waals surface area contributed by atoms with Gasteiger partial charge in [0.25, 0.3) is 0 Å². The van der Waals surface area contributed by atoms with E-state index in [4.69, 9.17) is 5.73 Å². The number of anilines is 1. The molecule has 1 aromatic rings. The molecule has 0 amide bonds. The van der Waals surface area contributed by atoms with E-state index in [1.807, 2.05) is 0 Å². The Balaban J connectivity index is 2.21. The number of hydrogen-bond donors (Lipinski definition) is 2. The first-order valence-electron chi connectivity index (χ1n) is 6.40. The van der Waals surface area contributed by atoms with Crippen LogP contribution in [-0.4, -0.2) is 13.1 Å². The van der Waals surface area contributed by atoms with Crippen LogP contribution in [0.25, 0.3) is 0 Å². The number of rotatable bonds is 8. The first kappa shape index (κ1) is 13.0. The van der Waals surface area contributed by atoms with Crippen LogP contribution in [0.5, 0.6) is 0 Å². The van der Waals surface area contributed by atoms with Gasteiger partial charge in [0.2, 0.25) is 0 Å². The van der Waals surface area contributed by atoms with Crippen molar-refractivity contribution in [2.24, 2.45) is 5.73 Å². The highest BCUT2D eigenvalue weighted by atomic mass is 14.9. The molecule has 3 N–H and O–H groups in total. The molecule has 0 radical (unpaired) electrons. The van der Waals surface area contributed by atoms with E-state index in [1.54, 1.807) is 0 Å². The van der Waals surface area contributed by atoms with Crippen LogP contribution in [0.3, 0.4) is 0 Å². The summed E-state index contributed by atoms with van der Waals surface area (Å²) in [6, 6.07) is 8.55. The van der Waals surface area contributed by atoms with E-state index < -0.39 is 0 Å². The number of nitrogens with two attached hydrogens (primary N) is 1. The highest BCUT2D eigenvalue weighted by Crippen LogP contribution is 2.15. The summed E-state index contributed by atoms with van der Waals surface area (Å²) < 4.78 is 0. The molecular formula is C14H24N2. The molecule has 0 atom stereocenters. The molecule has 0 aromatic heterocycles.